The van der Waals surface area contributed by atoms with Gasteiger partial charge in [-0.2, -0.15) is 0 Å². The second-order valence-electron chi connectivity index (χ2n) is 13.1. The summed E-state index contributed by atoms with van der Waals surface area (Å²) < 4.78 is 11.5. The molecule has 0 radical (unpaired) electrons. The van der Waals surface area contributed by atoms with E-state index in [0.717, 1.165) is 65.1 Å². The average molecular weight is 718 g/mol. The Kier molecular flexibility index (Phi) is 11.2. The predicted octanol–water partition coefficient (Wildman–Crippen LogP) is 6.22. The Bertz CT molecular complexity index is 1750. The van der Waals surface area contributed by atoms with E-state index >= 15 is 0 Å². The van der Waals surface area contributed by atoms with Gasteiger partial charge in [0.05, 0.1) is 35.7 Å². The van der Waals surface area contributed by atoms with Crippen LogP contribution in [0.1, 0.15) is 36.8 Å². The number of benzene rings is 2. The van der Waals surface area contributed by atoms with E-state index in [2.05, 4.69) is 25.4 Å². The number of ether oxygens (including phenoxy) is 2. The molecular formula is C38H42Cl2N6O4. The number of nitrogens with zero attached hydrogens (tertiary/aromatic N) is 4. The van der Waals surface area contributed by atoms with Crippen molar-refractivity contribution in [2.24, 2.45) is 0 Å². The van der Waals surface area contributed by atoms with E-state index in [1.807, 2.05) is 68.7 Å². The van der Waals surface area contributed by atoms with Crippen LogP contribution in [0.25, 0.3) is 33.6 Å². The van der Waals surface area contributed by atoms with E-state index in [-0.39, 0.29) is 23.9 Å². The van der Waals surface area contributed by atoms with E-state index in [9.17, 15) is 9.59 Å². The van der Waals surface area contributed by atoms with Crippen LogP contribution in [0.2, 0.25) is 10.0 Å². The molecule has 0 saturated carbocycles. The van der Waals surface area contributed by atoms with Gasteiger partial charge >= 0.3 is 0 Å². The minimum atomic E-state index is 0.109. The average Bonchev–Trinajstić information content (AvgIpc) is 3.71. The van der Waals surface area contributed by atoms with Gasteiger partial charge in [-0.15, -0.1) is 0 Å². The molecule has 0 unspecified atom stereocenters. The topological polar surface area (TPSA) is 109 Å². The normalized spacial score (nSPS) is 17.4. The molecule has 2 atom stereocenters. The summed E-state index contributed by atoms with van der Waals surface area (Å²) in [6.45, 7) is 2.79. The highest BCUT2D eigenvalue weighted by atomic mass is 35.5. The summed E-state index contributed by atoms with van der Waals surface area (Å²) in [5.74, 6) is 1.47. The first-order valence-corrected chi connectivity index (χ1v) is 17.5. The highest BCUT2D eigenvalue weighted by Gasteiger charge is 2.24. The van der Waals surface area contributed by atoms with Gasteiger partial charge in [-0.3, -0.25) is 24.4 Å². The summed E-state index contributed by atoms with van der Waals surface area (Å²) in [4.78, 5) is 37.1. The zero-order valence-electron chi connectivity index (χ0n) is 28.8. The van der Waals surface area contributed by atoms with Crippen molar-refractivity contribution in [2.75, 3.05) is 41.4 Å². The standard InChI is InChI=1S/C38H42Cl2N6O4/c1-45(21-26-11-14-33(47)42-26)19-24-9-8-23(18-32(24)49-3)37-36(40)29(16-17-41-37)28-6-5-7-30(35(28)39)31-13-10-25(38(44-31)50-4)20-46(2)22-27-12-15-34(48)43-27/h5-10,13,16-18,26-27H,11-12,14-15,19-22H2,1-4H3,(H,42,47)(H,43,48)/t26-,27+/m1/s1. The number of hydrogen-bond acceptors (Lipinski definition) is 8. The van der Waals surface area contributed by atoms with Crippen LogP contribution in [0, 0.1) is 0 Å². The molecule has 2 N–H and O–H groups in total. The molecule has 2 saturated heterocycles. The summed E-state index contributed by atoms with van der Waals surface area (Å²) in [5, 5.41) is 7.04. The zero-order chi connectivity index (χ0) is 35.4. The van der Waals surface area contributed by atoms with E-state index in [1.165, 1.54) is 0 Å². The van der Waals surface area contributed by atoms with Crippen LogP contribution in [0.15, 0.2) is 60.8 Å². The third-order valence-electron chi connectivity index (χ3n) is 9.26. The van der Waals surface area contributed by atoms with Gasteiger partial charge in [-0.05, 0) is 45.1 Å². The molecule has 2 aromatic carbocycles. The Hall–Kier alpha value is -4.22. The van der Waals surface area contributed by atoms with Crippen LogP contribution >= 0.6 is 23.2 Å². The molecule has 2 aliphatic heterocycles. The minimum Gasteiger partial charge on any atom is -0.496 e. The fourth-order valence-electron chi connectivity index (χ4n) is 6.82. The number of amides is 2. The molecule has 4 aromatic rings. The summed E-state index contributed by atoms with van der Waals surface area (Å²) >= 11 is 14.2. The van der Waals surface area contributed by atoms with Crippen LogP contribution in [-0.2, 0) is 22.7 Å². The smallest absolute Gasteiger partial charge is 0.220 e. The minimum absolute atomic E-state index is 0.109. The van der Waals surface area contributed by atoms with Gasteiger partial charge in [0, 0.05) is 90.7 Å². The third-order valence-corrected chi connectivity index (χ3v) is 10.1. The zero-order valence-corrected chi connectivity index (χ0v) is 30.3. The molecule has 6 rings (SSSR count). The van der Waals surface area contributed by atoms with Crippen molar-refractivity contribution in [1.29, 1.82) is 0 Å². The maximum Gasteiger partial charge on any atom is 0.220 e. The van der Waals surface area contributed by atoms with Crippen molar-refractivity contribution in [2.45, 2.75) is 50.9 Å². The number of halogens is 2. The monoisotopic (exact) mass is 716 g/mol. The molecule has 0 spiro atoms. The molecular weight excluding hydrogens is 675 g/mol. The van der Waals surface area contributed by atoms with Gasteiger partial charge < -0.3 is 20.1 Å². The highest BCUT2D eigenvalue weighted by Crippen LogP contribution is 2.42. The Labute approximate surface area is 303 Å². The lowest BCUT2D eigenvalue weighted by Crippen LogP contribution is -2.36. The van der Waals surface area contributed by atoms with Gasteiger partial charge in [-0.25, -0.2) is 4.98 Å². The predicted molar refractivity (Wildman–Crippen MR) is 196 cm³/mol. The molecule has 0 bridgehead atoms. The van der Waals surface area contributed by atoms with Crippen molar-refractivity contribution in [3.8, 4) is 45.3 Å². The van der Waals surface area contributed by atoms with E-state index in [0.29, 0.717) is 53.2 Å². The SMILES string of the molecule is COc1cc(-c2nccc(-c3cccc(-c4ccc(CN(C)C[C@@H]5CCC(=O)N5)c(OC)n4)c3Cl)c2Cl)ccc1CN(C)C[C@H]1CCC(=O)N1. The second-order valence-corrected chi connectivity index (χ2v) is 13.8. The lowest BCUT2D eigenvalue weighted by molar-refractivity contribution is -0.120. The number of nitrogens with one attached hydrogen (secondary N) is 2. The van der Waals surface area contributed by atoms with Crippen molar-refractivity contribution in [3.63, 3.8) is 0 Å². The number of pyridine rings is 2. The maximum atomic E-state index is 11.6. The molecule has 10 nitrogen and oxygen atoms in total. The summed E-state index contributed by atoms with van der Waals surface area (Å²) in [6, 6.07) is 17.9. The van der Waals surface area contributed by atoms with Crippen molar-refractivity contribution >= 4 is 35.0 Å². The molecule has 12 heteroatoms. The van der Waals surface area contributed by atoms with Crippen molar-refractivity contribution in [3.05, 3.63) is 82.0 Å². The largest absolute Gasteiger partial charge is 0.496 e. The number of aromatic nitrogens is 2. The van der Waals surface area contributed by atoms with E-state index in [1.54, 1.807) is 20.4 Å². The maximum absolute atomic E-state index is 11.6. The van der Waals surface area contributed by atoms with Gasteiger partial charge in [0.15, 0.2) is 0 Å². The van der Waals surface area contributed by atoms with Crippen LogP contribution in [0.3, 0.4) is 0 Å². The van der Waals surface area contributed by atoms with Gasteiger partial charge in [0.25, 0.3) is 0 Å². The fourth-order valence-corrected chi connectivity index (χ4v) is 7.47. The molecule has 2 aliphatic rings. The number of likely N-dealkylation sites (N-methyl/N-ethyl adjacent to an activating group) is 2. The van der Waals surface area contributed by atoms with Gasteiger partial charge in [0.1, 0.15) is 5.75 Å². The second kappa shape index (κ2) is 15.8. The lowest BCUT2D eigenvalue weighted by Gasteiger charge is -2.22. The van der Waals surface area contributed by atoms with E-state index in [4.69, 9.17) is 37.7 Å². The number of methoxy groups -OCH3 is 2. The third kappa shape index (κ3) is 8.05. The first kappa shape index (κ1) is 35.6. The fraction of sp³-hybridized carbons (Fsp3) is 0.368. The Morgan fingerprint density at radius 1 is 0.780 bits per heavy atom. The molecule has 262 valence electrons. The van der Waals surface area contributed by atoms with Crippen molar-refractivity contribution in [1.82, 2.24) is 30.4 Å². The van der Waals surface area contributed by atoms with E-state index < -0.39 is 0 Å². The molecule has 50 heavy (non-hydrogen) atoms. The van der Waals surface area contributed by atoms with Gasteiger partial charge in [0.2, 0.25) is 17.7 Å². The molecule has 0 aliphatic carbocycles. The number of hydrogen-bond donors (Lipinski definition) is 2. The quantitative estimate of drug-likeness (QED) is 0.168. The highest BCUT2D eigenvalue weighted by molar-refractivity contribution is 6.39. The molecule has 4 heterocycles. The van der Waals surface area contributed by atoms with Crippen LogP contribution in [0.4, 0.5) is 0 Å². The number of rotatable bonds is 13. The lowest BCUT2D eigenvalue weighted by atomic mass is 9.99. The number of carbonyl (C=O) groups is 2. The first-order chi connectivity index (χ1) is 24.1. The molecule has 2 fully saturated rings. The Morgan fingerprint density at radius 3 is 2.02 bits per heavy atom. The van der Waals surface area contributed by atoms with Crippen LogP contribution in [-0.4, -0.2) is 85.1 Å². The number of carbonyl (C=O) groups excluding carboxylic acids is 2. The molecule has 2 amide bonds. The van der Waals surface area contributed by atoms with Crippen LogP contribution in [0.5, 0.6) is 11.6 Å². The molecule has 2 aromatic heterocycles. The van der Waals surface area contributed by atoms with Crippen LogP contribution < -0.4 is 20.1 Å². The summed E-state index contributed by atoms with van der Waals surface area (Å²) in [5.41, 5.74) is 6.31. The Balaban J connectivity index is 1.22. The Morgan fingerprint density at radius 2 is 1.40 bits per heavy atom. The van der Waals surface area contributed by atoms with Crippen molar-refractivity contribution < 1.29 is 19.1 Å². The summed E-state index contributed by atoms with van der Waals surface area (Å²) in [6.07, 6.45) is 4.59. The van der Waals surface area contributed by atoms with Gasteiger partial charge in [-0.1, -0.05) is 59.6 Å². The summed E-state index contributed by atoms with van der Waals surface area (Å²) in [7, 11) is 7.33. The first-order valence-electron chi connectivity index (χ1n) is 16.7.